The van der Waals surface area contributed by atoms with Crippen molar-refractivity contribution in [1.82, 2.24) is 4.98 Å². The van der Waals surface area contributed by atoms with Crippen LogP contribution in [-0.4, -0.2) is 17.6 Å². The number of nitrogens with zero attached hydrogens (tertiary/aromatic N) is 2. The van der Waals surface area contributed by atoms with E-state index in [2.05, 4.69) is 31.1 Å². The Morgan fingerprint density at radius 2 is 1.91 bits per heavy atom. The van der Waals surface area contributed by atoms with Gasteiger partial charge in [-0.3, -0.25) is 0 Å². The fourth-order valence-electron chi connectivity index (χ4n) is 4.83. The lowest BCUT2D eigenvalue weighted by Gasteiger charge is -2.39. The van der Waals surface area contributed by atoms with Gasteiger partial charge >= 0.3 is 0 Å². The van der Waals surface area contributed by atoms with E-state index in [0.29, 0.717) is 16.9 Å². The van der Waals surface area contributed by atoms with Crippen LogP contribution in [0, 0.1) is 10.8 Å². The van der Waals surface area contributed by atoms with Crippen molar-refractivity contribution in [1.29, 1.82) is 0 Å². The topological polar surface area (TPSA) is 16.1 Å². The molecule has 1 aliphatic carbocycles. The highest BCUT2D eigenvalue weighted by Crippen LogP contribution is 2.53. The number of fused-ring (bicyclic) bond motifs is 2. The first kappa shape index (κ1) is 15.5. The third-order valence-electron chi connectivity index (χ3n) is 5.29. The normalized spacial score (nSPS) is 29.0. The van der Waals surface area contributed by atoms with Crippen molar-refractivity contribution in [3.05, 3.63) is 34.7 Å². The molecule has 1 aliphatic heterocycles. The smallest absolute Gasteiger partial charge is 0.186 e. The van der Waals surface area contributed by atoms with Crippen LogP contribution in [-0.2, 0) is 0 Å². The minimum Gasteiger partial charge on any atom is -0.345 e. The number of aromatic nitrogens is 1. The first-order chi connectivity index (χ1) is 10.8. The van der Waals surface area contributed by atoms with Crippen molar-refractivity contribution >= 4 is 28.1 Å². The second kappa shape index (κ2) is 5.22. The fraction of sp³-hybridized carbons (Fsp3) is 0.526. The largest absolute Gasteiger partial charge is 0.345 e. The van der Waals surface area contributed by atoms with Gasteiger partial charge in [0.05, 0.1) is 5.69 Å². The van der Waals surface area contributed by atoms with E-state index >= 15 is 0 Å². The summed E-state index contributed by atoms with van der Waals surface area (Å²) >= 11 is 7.76. The summed E-state index contributed by atoms with van der Waals surface area (Å²) in [6.07, 6.45) is 3.91. The monoisotopic (exact) mass is 346 g/mol. The van der Waals surface area contributed by atoms with Crippen LogP contribution in [0.3, 0.4) is 0 Å². The van der Waals surface area contributed by atoms with E-state index in [1.165, 1.54) is 24.4 Å². The van der Waals surface area contributed by atoms with E-state index in [1.807, 2.05) is 24.3 Å². The fourth-order valence-corrected chi connectivity index (χ4v) is 5.86. The molecule has 1 saturated heterocycles. The molecule has 122 valence electrons. The Kier molecular flexibility index (Phi) is 3.51. The van der Waals surface area contributed by atoms with E-state index in [1.54, 1.807) is 11.3 Å². The van der Waals surface area contributed by atoms with Gasteiger partial charge in [0, 0.05) is 28.6 Å². The van der Waals surface area contributed by atoms with Crippen molar-refractivity contribution in [3.8, 4) is 11.3 Å². The molecule has 2 unspecified atom stereocenters. The lowest BCUT2D eigenvalue weighted by molar-refractivity contribution is 0.136. The molecule has 0 N–H and O–H groups in total. The molecule has 0 spiro atoms. The maximum absolute atomic E-state index is 5.98. The van der Waals surface area contributed by atoms with Crippen molar-refractivity contribution in [2.75, 3.05) is 11.4 Å². The minimum absolute atomic E-state index is 0.443. The second-order valence-corrected chi connectivity index (χ2v) is 9.64. The Balaban J connectivity index is 1.61. The van der Waals surface area contributed by atoms with Crippen molar-refractivity contribution in [2.45, 2.75) is 46.1 Å². The molecule has 2 bridgehead atoms. The minimum atomic E-state index is 0.443. The molecule has 2 aromatic rings. The molecule has 0 radical (unpaired) electrons. The van der Waals surface area contributed by atoms with Crippen LogP contribution >= 0.6 is 22.9 Å². The lowest BCUT2D eigenvalue weighted by Crippen LogP contribution is -2.34. The van der Waals surface area contributed by atoms with Gasteiger partial charge in [0.25, 0.3) is 0 Å². The van der Waals surface area contributed by atoms with E-state index in [-0.39, 0.29) is 0 Å². The Morgan fingerprint density at radius 1 is 1.17 bits per heavy atom. The van der Waals surface area contributed by atoms with E-state index in [4.69, 9.17) is 16.6 Å². The summed E-state index contributed by atoms with van der Waals surface area (Å²) in [5.41, 5.74) is 3.10. The molecule has 1 aromatic heterocycles. The molecule has 1 aromatic carbocycles. The van der Waals surface area contributed by atoms with Gasteiger partial charge < -0.3 is 4.90 Å². The first-order valence-corrected chi connectivity index (χ1v) is 9.58. The lowest BCUT2D eigenvalue weighted by atomic mass is 9.65. The standard InChI is InChI=1S/C19H23ClN2S/c1-18(2)8-15-9-19(3,11-18)12-22(15)17-21-16(10-23-17)13-4-6-14(20)7-5-13/h4-7,10,15H,8-9,11-12H2,1-3H3. The van der Waals surface area contributed by atoms with Crippen molar-refractivity contribution in [3.63, 3.8) is 0 Å². The number of hydrogen-bond acceptors (Lipinski definition) is 3. The zero-order valence-corrected chi connectivity index (χ0v) is 15.5. The first-order valence-electron chi connectivity index (χ1n) is 8.32. The Bertz CT molecular complexity index is 721. The number of halogens is 1. The van der Waals surface area contributed by atoms with Gasteiger partial charge in [0.1, 0.15) is 0 Å². The summed E-state index contributed by atoms with van der Waals surface area (Å²) in [4.78, 5) is 7.50. The van der Waals surface area contributed by atoms with E-state index in [0.717, 1.165) is 22.8 Å². The van der Waals surface area contributed by atoms with Crippen LogP contribution in [0.1, 0.15) is 40.0 Å². The molecule has 2 nitrogen and oxygen atoms in total. The highest BCUT2D eigenvalue weighted by atomic mass is 35.5. The summed E-state index contributed by atoms with van der Waals surface area (Å²) in [5, 5.41) is 4.13. The third kappa shape index (κ3) is 2.89. The van der Waals surface area contributed by atoms with Gasteiger partial charge in [-0.2, -0.15) is 0 Å². The molecule has 23 heavy (non-hydrogen) atoms. The summed E-state index contributed by atoms with van der Waals surface area (Å²) in [6.45, 7) is 8.44. The Morgan fingerprint density at radius 3 is 2.65 bits per heavy atom. The van der Waals surface area contributed by atoms with Crippen LogP contribution in [0.5, 0.6) is 0 Å². The predicted molar refractivity (Wildman–Crippen MR) is 99.4 cm³/mol. The molecule has 2 heterocycles. The average Bonchev–Trinajstić information content (AvgIpc) is 3.01. The molecule has 2 atom stereocenters. The maximum Gasteiger partial charge on any atom is 0.186 e. The molecule has 2 fully saturated rings. The van der Waals surface area contributed by atoms with Gasteiger partial charge in [-0.05, 0) is 42.2 Å². The van der Waals surface area contributed by atoms with Crippen molar-refractivity contribution in [2.24, 2.45) is 10.8 Å². The molecule has 4 heteroatoms. The van der Waals surface area contributed by atoms with Gasteiger partial charge in [0.2, 0.25) is 0 Å². The summed E-state index contributed by atoms with van der Waals surface area (Å²) in [7, 11) is 0. The highest BCUT2D eigenvalue weighted by Gasteiger charge is 2.50. The zero-order chi connectivity index (χ0) is 16.2. The average molecular weight is 347 g/mol. The van der Waals surface area contributed by atoms with Gasteiger partial charge in [0.15, 0.2) is 5.13 Å². The SMILES string of the molecule is CC1(C)CC2CC(C)(CN2c2nc(-c3ccc(Cl)cc3)cs2)C1. The highest BCUT2D eigenvalue weighted by molar-refractivity contribution is 7.14. The molecule has 2 aliphatic rings. The van der Waals surface area contributed by atoms with Crippen LogP contribution in [0.4, 0.5) is 5.13 Å². The van der Waals surface area contributed by atoms with Crippen LogP contribution in [0.2, 0.25) is 5.02 Å². The van der Waals surface area contributed by atoms with Gasteiger partial charge in [-0.25, -0.2) is 4.98 Å². The summed E-state index contributed by atoms with van der Waals surface area (Å²) < 4.78 is 0. The number of rotatable bonds is 2. The quantitative estimate of drug-likeness (QED) is 0.676. The summed E-state index contributed by atoms with van der Waals surface area (Å²) in [6, 6.07) is 8.61. The van der Waals surface area contributed by atoms with Crippen LogP contribution in [0.15, 0.2) is 29.6 Å². The number of hydrogen-bond donors (Lipinski definition) is 0. The number of anilines is 1. The van der Waals surface area contributed by atoms with Crippen LogP contribution < -0.4 is 4.90 Å². The Hall–Kier alpha value is -1.06. The van der Waals surface area contributed by atoms with Crippen LogP contribution in [0.25, 0.3) is 11.3 Å². The maximum atomic E-state index is 5.98. The third-order valence-corrected chi connectivity index (χ3v) is 6.42. The molecule has 1 saturated carbocycles. The molecular weight excluding hydrogens is 324 g/mol. The molecule has 0 amide bonds. The van der Waals surface area contributed by atoms with E-state index < -0.39 is 0 Å². The van der Waals surface area contributed by atoms with Crippen molar-refractivity contribution < 1.29 is 0 Å². The zero-order valence-electron chi connectivity index (χ0n) is 14.0. The number of benzene rings is 1. The number of thiazole rings is 1. The molecular formula is C19H23ClN2S. The predicted octanol–water partition coefficient (Wildman–Crippen LogP) is 5.87. The second-order valence-electron chi connectivity index (χ2n) is 8.36. The van der Waals surface area contributed by atoms with E-state index in [9.17, 15) is 0 Å². The van der Waals surface area contributed by atoms with Gasteiger partial charge in [-0.1, -0.05) is 44.5 Å². The summed E-state index contributed by atoms with van der Waals surface area (Å²) in [5.74, 6) is 0. The van der Waals surface area contributed by atoms with Gasteiger partial charge in [-0.15, -0.1) is 11.3 Å². The Labute approximate surface area is 147 Å². The molecule has 4 rings (SSSR count).